The van der Waals surface area contributed by atoms with Crippen LogP contribution in [0, 0.1) is 19.8 Å². The van der Waals surface area contributed by atoms with Crippen LogP contribution >= 0.6 is 0 Å². The number of benzene rings is 1. The third-order valence-electron chi connectivity index (χ3n) is 5.69. The summed E-state index contributed by atoms with van der Waals surface area (Å²) in [6.45, 7) is 6.13. The van der Waals surface area contributed by atoms with E-state index in [1.165, 1.54) is 5.56 Å². The molecule has 1 aliphatic heterocycles. The topological polar surface area (TPSA) is 80.1 Å². The molecule has 1 N–H and O–H groups in total. The number of hydrogen-bond acceptors (Lipinski definition) is 4. The van der Waals surface area contributed by atoms with Gasteiger partial charge in [-0.3, -0.25) is 14.6 Å². The summed E-state index contributed by atoms with van der Waals surface area (Å²) >= 11 is 0. The number of rotatable bonds is 7. The highest BCUT2D eigenvalue weighted by molar-refractivity contribution is 5.89. The standard InChI is InChI=1S/C24H27N5O2/c1-17-5-7-19(8-6-17)15-28-16-21(12-22(28)30)24(31)26-10-11-29-18(2)13-27-23(29)20-4-3-9-25-14-20/h3-9,13-14,21H,10-12,15-16H2,1-2H3,(H,26,31). The Morgan fingerprint density at radius 1 is 1.16 bits per heavy atom. The van der Waals surface area contributed by atoms with Crippen molar-refractivity contribution in [3.05, 3.63) is 71.8 Å². The smallest absolute Gasteiger partial charge is 0.225 e. The number of aryl methyl sites for hydroxylation is 2. The summed E-state index contributed by atoms with van der Waals surface area (Å²) in [5.41, 5.74) is 4.23. The molecular formula is C24H27N5O2. The number of nitrogens with one attached hydrogen (secondary N) is 1. The zero-order chi connectivity index (χ0) is 21.8. The minimum absolute atomic E-state index is 0.0324. The Bertz CT molecular complexity index is 1060. The minimum Gasteiger partial charge on any atom is -0.354 e. The zero-order valence-electron chi connectivity index (χ0n) is 17.9. The van der Waals surface area contributed by atoms with E-state index in [-0.39, 0.29) is 24.2 Å². The number of hydrogen-bond donors (Lipinski definition) is 1. The Kier molecular flexibility index (Phi) is 6.11. The Morgan fingerprint density at radius 2 is 1.97 bits per heavy atom. The van der Waals surface area contributed by atoms with Crippen molar-refractivity contribution in [1.82, 2.24) is 24.8 Å². The molecule has 3 heterocycles. The van der Waals surface area contributed by atoms with E-state index in [1.807, 2.05) is 56.4 Å². The molecule has 0 bridgehead atoms. The fourth-order valence-corrected chi connectivity index (χ4v) is 3.92. The van der Waals surface area contributed by atoms with Crippen LogP contribution in [0.1, 0.15) is 23.2 Å². The van der Waals surface area contributed by atoms with Crippen LogP contribution in [-0.4, -0.2) is 44.3 Å². The van der Waals surface area contributed by atoms with Crippen molar-refractivity contribution >= 4 is 11.8 Å². The Balaban J connectivity index is 1.31. The molecule has 1 aromatic carbocycles. The Morgan fingerprint density at radius 3 is 2.71 bits per heavy atom. The van der Waals surface area contributed by atoms with Crippen LogP contribution in [0.3, 0.4) is 0 Å². The molecule has 7 heteroatoms. The maximum atomic E-state index is 12.7. The van der Waals surface area contributed by atoms with E-state index >= 15 is 0 Å². The SMILES string of the molecule is Cc1ccc(CN2CC(C(=O)NCCn3c(C)cnc3-c3cccnc3)CC2=O)cc1. The third-order valence-corrected chi connectivity index (χ3v) is 5.69. The van der Waals surface area contributed by atoms with Gasteiger partial charge in [-0.15, -0.1) is 0 Å². The van der Waals surface area contributed by atoms with Crippen molar-refractivity contribution in [2.24, 2.45) is 5.92 Å². The summed E-state index contributed by atoms with van der Waals surface area (Å²) in [6.07, 6.45) is 5.60. The van der Waals surface area contributed by atoms with E-state index in [9.17, 15) is 9.59 Å². The van der Waals surface area contributed by atoms with Crippen molar-refractivity contribution in [3.63, 3.8) is 0 Å². The highest BCUT2D eigenvalue weighted by Crippen LogP contribution is 2.21. The van der Waals surface area contributed by atoms with E-state index in [4.69, 9.17) is 0 Å². The fraction of sp³-hybridized carbons (Fsp3) is 0.333. The van der Waals surface area contributed by atoms with E-state index in [2.05, 4.69) is 19.9 Å². The predicted molar refractivity (Wildman–Crippen MR) is 118 cm³/mol. The summed E-state index contributed by atoms with van der Waals surface area (Å²) in [5.74, 6) is 0.491. The second-order valence-electron chi connectivity index (χ2n) is 8.07. The maximum absolute atomic E-state index is 12.7. The largest absolute Gasteiger partial charge is 0.354 e. The molecule has 1 fully saturated rings. The van der Waals surface area contributed by atoms with Gasteiger partial charge in [0.25, 0.3) is 0 Å². The molecule has 7 nitrogen and oxygen atoms in total. The number of carbonyl (C=O) groups is 2. The summed E-state index contributed by atoms with van der Waals surface area (Å²) < 4.78 is 2.07. The molecule has 1 saturated heterocycles. The zero-order valence-corrected chi connectivity index (χ0v) is 17.9. The molecule has 2 amide bonds. The lowest BCUT2D eigenvalue weighted by molar-refractivity contribution is -0.129. The normalized spacial score (nSPS) is 16.0. The molecule has 31 heavy (non-hydrogen) atoms. The first-order chi connectivity index (χ1) is 15.0. The maximum Gasteiger partial charge on any atom is 0.225 e. The van der Waals surface area contributed by atoms with Gasteiger partial charge in [0.15, 0.2) is 0 Å². The summed E-state index contributed by atoms with van der Waals surface area (Å²) in [4.78, 5) is 35.5. The molecular weight excluding hydrogens is 390 g/mol. The fourth-order valence-electron chi connectivity index (χ4n) is 3.92. The lowest BCUT2D eigenvalue weighted by Gasteiger charge is -2.17. The van der Waals surface area contributed by atoms with Crippen molar-refractivity contribution in [3.8, 4) is 11.4 Å². The van der Waals surface area contributed by atoms with Crippen LogP contribution in [0.2, 0.25) is 0 Å². The van der Waals surface area contributed by atoms with Crippen LogP contribution in [-0.2, 0) is 22.7 Å². The second-order valence-corrected chi connectivity index (χ2v) is 8.07. The molecule has 1 atom stereocenters. The number of pyridine rings is 1. The number of aromatic nitrogens is 3. The van der Waals surface area contributed by atoms with Gasteiger partial charge in [0, 0.05) is 62.4 Å². The molecule has 0 saturated carbocycles. The van der Waals surface area contributed by atoms with Gasteiger partial charge in [0.2, 0.25) is 11.8 Å². The number of nitrogens with zero attached hydrogens (tertiary/aromatic N) is 4. The van der Waals surface area contributed by atoms with E-state index < -0.39 is 0 Å². The van der Waals surface area contributed by atoms with Gasteiger partial charge >= 0.3 is 0 Å². The highest BCUT2D eigenvalue weighted by atomic mass is 16.2. The molecule has 1 aliphatic rings. The minimum atomic E-state index is -0.306. The monoisotopic (exact) mass is 417 g/mol. The number of carbonyl (C=O) groups excluding carboxylic acids is 2. The van der Waals surface area contributed by atoms with Gasteiger partial charge in [0.05, 0.1) is 5.92 Å². The molecule has 0 aliphatic carbocycles. The third kappa shape index (κ3) is 4.82. The van der Waals surface area contributed by atoms with E-state index in [0.717, 1.165) is 22.6 Å². The molecule has 160 valence electrons. The lowest BCUT2D eigenvalue weighted by Crippen LogP contribution is -2.34. The summed E-state index contributed by atoms with van der Waals surface area (Å²) in [6, 6.07) is 12.0. The van der Waals surface area contributed by atoms with Crippen molar-refractivity contribution in [2.45, 2.75) is 33.4 Å². The first kappa shape index (κ1) is 20.8. The van der Waals surface area contributed by atoms with Gasteiger partial charge in [-0.05, 0) is 31.5 Å². The first-order valence-corrected chi connectivity index (χ1v) is 10.5. The molecule has 0 radical (unpaired) electrons. The predicted octanol–water partition coefficient (Wildman–Crippen LogP) is 2.73. The molecule has 1 unspecified atom stereocenters. The second kappa shape index (κ2) is 9.12. The van der Waals surface area contributed by atoms with E-state index in [0.29, 0.717) is 26.2 Å². The van der Waals surface area contributed by atoms with Crippen LogP contribution in [0.4, 0.5) is 0 Å². The highest BCUT2D eigenvalue weighted by Gasteiger charge is 2.34. The van der Waals surface area contributed by atoms with Crippen LogP contribution < -0.4 is 5.32 Å². The van der Waals surface area contributed by atoms with Gasteiger partial charge in [-0.2, -0.15) is 0 Å². The molecule has 0 spiro atoms. The number of likely N-dealkylation sites (tertiary alicyclic amines) is 1. The quantitative estimate of drug-likeness (QED) is 0.641. The van der Waals surface area contributed by atoms with Crippen LogP contribution in [0.5, 0.6) is 0 Å². The molecule has 2 aromatic heterocycles. The van der Waals surface area contributed by atoms with Crippen LogP contribution in [0.25, 0.3) is 11.4 Å². The van der Waals surface area contributed by atoms with Crippen molar-refractivity contribution < 1.29 is 9.59 Å². The average molecular weight is 418 g/mol. The molecule has 4 rings (SSSR count). The van der Waals surface area contributed by atoms with Gasteiger partial charge in [0.1, 0.15) is 5.82 Å². The van der Waals surface area contributed by atoms with Crippen molar-refractivity contribution in [1.29, 1.82) is 0 Å². The lowest BCUT2D eigenvalue weighted by atomic mass is 10.1. The first-order valence-electron chi connectivity index (χ1n) is 10.5. The van der Waals surface area contributed by atoms with Crippen LogP contribution in [0.15, 0.2) is 55.0 Å². The average Bonchev–Trinajstić information content (AvgIpc) is 3.33. The van der Waals surface area contributed by atoms with Gasteiger partial charge < -0.3 is 14.8 Å². The molecule has 3 aromatic rings. The van der Waals surface area contributed by atoms with Gasteiger partial charge in [-0.1, -0.05) is 29.8 Å². The Hall–Kier alpha value is -3.48. The van der Waals surface area contributed by atoms with Crippen molar-refractivity contribution in [2.75, 3.05) is 13.1 Å². The van der Waals surface area contributed by atoms with E-state index in [1.54, 1.807) is 17.3 Å². The summed E-state index contributed by atoms with van der Waals surface area (Å²) in [7, 11) is 0. The number of imidazole rings is 1. The van der Waals surface area contributed by atoms with Gasteiger partial charge in [-0.25, -0.2) is 4.98 Å². The summed E-state index contributed by atoms with van der Waals surface area (Å²) in [5, 5.41) is 3.00. The Labute approximate surface area is 182 Å². The number of amides is 2.